The van der Waals surface area contributed by atoms with E-state index in [9.17, 15) is 0 Å². The highest BCUT2D eigenvalue weighted by Crippen LogP contribution is 2.33. The van der Waals surface area contributed by atoms with Gasteiger partial charge in [0.25, 0.3) is 0 Å². The molecule has 0 aromatic heterocycles. The Morgan fingerprint density at radius 1 is 1.40 bits per heavy atom. The van der Waals surface area contributed by atoms with Crippen LogP contribution in [0, 0.1) is 5.92 Å². The molecule has 0 aliphatic rings. The van der Waals surface area contributed by atoms with Gasteiger partial charge in [0.1, 0.15) is 0 Å². The highest BCUT2D eigenvalue weighted by atomic mass is 14.2. The molecule has 0 aromatic rings. The zero-order valence-electron chi connectivity index (χ0n) is 7.78. The maximum Gasteiger partial charge on any atom is 0.0742 e. The molecular weight excluding hydrogens is 119 g/mol. The van der Waals surface area contributed by atoms with Crippen molar-refractivity contribution in [3.63, 3.8) is 0 Å². The number of rotatable bonds is 4. The molecule has 58 valence electrons. The summed E-state index contributed by atoms with van der Waals surface area (Å²) in [6, 6.07) is 0. The molecule has 0 fully saturated rings. The summed E-state index contributed by atoms with van der Waals surface area (Å²) in [6.45, 7) is 8.66. The van der Waals surface area contributed by atoms with Crippen molar-refractivity contribution in [2.75, 3.05) is 0 Å². The predicted molar refractivity (Wildman–Crippen MR) is 48.5 cm³/mol. The van der Waals surface area contributed by atoms with Crippen LogP contribution in [0.5, 0.6) is 0 Å². The van der Waals surface area contributed by atoms with Crippen LogP contribution in [0.3, 0.4) is 0 Å². The molecular formula is C9H19B. The summed E-state index contributed by atoms with van der Waals surface area (Å²) in [5.74, 6) is 0.646. The van der Waals surface area contributed by atoms with Gasteiger partial charge in [0, 0.05) is 0 Å². The smallest absolute Gasteiger partial charge is 0.0691 e. The van der Waals surface area contributed by atoms with Gasteiger partial charge >= 0.3 is 0 Å². The Bertz CT molecular complexity index is 81.2. The maximum absolute atomic E-state index is 5.92. The Balaban J connectivity index is 3.52. The fourth-order valence-electron chi connectivity index (χ4n) is 0.882. The molecule has 0 N–H and O–H groups in total. The van der Waals surface area contributed by atoms with Crippen molar-refractivity contribution in [3.05, 3.63) is 0 Å². The molecule has 0 aliphatic carbocycles. The fourth-order valence-corrected chi connectivity index (χ4v) is 0.882. The molecule has 0 heterocycles. The summed E-state index contributed by atoms with van der Waals surface area (Å²) in [7, 11) is 5.92. The second kappa shape index (κ2) is 4.05. The van der Waals surface area contributed by atoms with Crippen LogP contribution in [0.4, 0.5) is 0 Å². The predicted octanol–water partition coefficient (Wildman–Crippen LogP) is 3.18. The van der Waals surface area contributed by atoms with Crippen molar-refractivity contribution in [1.29, 1.82) is 0 Å². The summed E-state index contributed by atoms with van der Waals surface area (Å²) in [5, 5.41) is 0.00910. The lowest BCUT2D eigenvalue weighted by Crippen LogP contribution is -2.13. The number of unbranched alkanes of at least 4 members (excludes halogenated alkanes) is 1. The minimum Gasteiger partial charge on any atom is -0.0691 e. The first-order valence-electron chi connectivity index (χ1n) is 4.27. The van der Waals surface area contributed by atoms with Gasteiger partial charge < -0.3 is 0 Å². The van der Waals surface area contributed by atoms with E-state index in [0.29, 0.717) is 5.92 Å². The molecule has 0 saturated carbocycles. The van der Waals surface area contributed by atoms with Crippen molar-refractivity contribution < 1.29 is 0 Å². The van der Waals surface area contributed by atoms with Gasteiger partial charge in [-0.05, 0) is 5.92 Å². The van der Waals surface area contributed by atoms with Crippen LogP contribution in [0.1, 0.15) is 47.0 Å². The van der Waals surface area contributed by atoms with Crippen molar-refractivity contribution in [2.24, 2.45) is 5.92 Å². The first kappa shape index (κ1) is 10.1. The zero-order valence-corrected chi connectivity index (χ0v) is 7.78. The topological polar surface area (TPSA) is 0 Å². The quantitative estimate of drug-likeness (QED) is 0.523. The molecule has 0 aromatic carbocycles. The molecule has 0 amide bonds. The number of hydrogen-bond donors (Lipinski definition) is 0. The van der Waals surface area contributed by atoms with E-state index in [2.05, 4.69) is 27.7 Å². The lowest BCUT2D eigenvalue weighted by Gasteiger charge is -2.27. The standard InChI is InChI=1S/C9H19B/c1-5-6-7-8(2)9(3,4)10/h8H,5-7H2,1-4H3. The molecule has 1 heteroatoms. The van der Waals surface area contributed by atoms with E-state index in [0.717, 1.165) is 0 Å². The van der Waals surface area contributed by atoms with Crippen molar-refractivity contribution >= 4 is 7.85 Å². The van der Waals surface area contributed by atoms with Crippen LogP contribution in [0.15, 0.2) is 0 Å². The average Bonchev–Trinajstić information content (AvgIpc) is 1.80. The van der Waals surface area contributed by atoms with E-state index in [1.54, 1.807) is 0 Å². The molecule has 0 rings (SSSR count). The van der Waals surface area contributed by atoms with Crippen LogP contribution >= 0.6 is 0 Å². The molecule has 0 bridgehead atoms. The fraction of sp³-hybridized carbons (Fsp3) is 1.00. The monoisotopic (exact) mass is 138 g/mol. The van der Waals surface area contributed by atoms with Crippen LogP contribution in [-0.2, 0) is 0 Å². The average molecular weight is 138 g/mol. The Labute approximate surface area is 66.8 Å². The van der Waals surface area contributed by atoms with Crippen molar-refractivity contribution in [1.82, 2.24) is 0 Å². The van der Waals surface area contributed by atoms with Crippen LogP contribution in [0.2, 0.25) is 5.31 Å². The first-order valence-corrected chi connectivity index (χ1v) is 4.27. The van der Waals surface area contributed by atoms with E-state index in [-0.39, 0.29) is 5.31 Å². The molecule has 1 atom stereocenters. The third-order valence-corrected chi connectivity index (χ3v) is 2.26. The van der Waals surface area contributed by atoms with E-state index in [4.69, 9.17) is 7.85 Å². The van der Waals surface area contributed by atoms with E-state index in [1.807, 2.05) is 0 Å². The van der Waals surface area contributed by atoms with Crippen molar-refractivity contribution in [3.8, 4) is 0 Å². The van der Waals surface area contributed by atoms with E-state index >= 15 is 0 Å². The summed E-state index contributed by atoms with van der Waals surface area (Å²) >= 11 is 0. The molecule has 0 saturated heterocycles. The zero-order chi connectivity index (χ0) is 8.20. The highest BCUT2D eigenvalue weighted by molar-refractivity contribution is 6.14. The van der Waals surface area contributed by atoms with Gasteiger partial charge in [0.05, 0.1) is 7.85 Å². The normalized spacial score (nSPS) is 15.2. The van der Waals surface area contributed by atoms with Crippen LogP contribution < -0.4 is 0 Å². The molecule has 0 nitrogen and oxygen atoms in total. The van der Waals surface area contributed by atoms with Gasteiger partial charge in [-0.15, -0.1) is 0 Å². The van der Waals surface area contributed by atoms with Gasteiger partial charge in [-0.2, -0.15) is 0 Å². The molecule has 0 spiro atoms. The Morgan fingerprint density at radius 2 is 1.90 bits per heavy atom. The number of hydrogen-bond acceptors (Lipinski definition) is 0. The summed E-state index contributed by atoms with van der Waals surface area (Å²) in [4.78, 5) is 0. The lowest BCUT2D eigenvalue weighted by molar-refractivity contribution is 0.399. The van der Waals surface area contributed by atoms with Gasteiger partial charge in [-0.1, -0.05) is 52.3 Å². The lowest BCUT2D eigenvalue weighted by atomic mass is 9.63. The minimum atomic E-state index is 0.00910. The Kier molecular flexibility index (Phi) is 4.08. The van der Waals surface area contributed by atoms with Gasteiger partial charge in [-0.3, -0.25) is 0 Å². The first-order chi connectivity index (χ1) is 4.48. The highest BCUT2D eigenvalue weighted by Gasteiger charge is 2.17. The second-order valence-corrected chi connectivity index (χ2v) is 3.86. The summed E-state index contributed by atoms with van der Waals surface area (Å²) in [6.07, 6.45) is 3.85. The van der Waals surface area contributed by atoms with E-state index < -0.39 is 0 Å². The molecule has 1 unspecified atom stereocenters. The van der Waals surface area contributed by atoms with E-state index in [1.165, 1.54) is 19.3 Å². The largest absolute Gasteiger partial charge is 0.0742 e. The summed E-state index contributed by atoms with van der Waals surface area (Å²) in [5.41, 5.74) is 0. The second-order valence-electron chi connectivity index (χ2n) is 3.86. The van der Waals surface area contributed by atoms with Gasteiger partial charge in [0.15, 0.2) is 0 Å². The third kappa shape index (κ3) is 3.97. The Hall–Kier alpha value is 0.0649. The molecule has 0 aliphatic heterocycles. The van der Waals surface area contributed by atoms with Gasteiger partial charge in [0.2, 0.25) is 0 Å². The van der Waals surface area contributed by atoms with Crippen LogP contribution in [0.25, 0.3) is 0 Å². The maximum atomic E-state index is 5.92. The third-order valence-electron chi connectivity index (χ3n) is 2.26. The van der Waals surface area contributed by atoms with Crippen molar-refractivity contribution in [2.45, 2.75) is 52.3 Å². The van der Waals surface area contributed by atoms with Crippen LogP contribution in [-0.4, -0.2) is 7.85 Å². The molecule has 2 radical (unpaired) electrons. The SMILES string of the molecule is [B]C(C)(C)C(C)CCCC. The Morgan fingerprint density at radius 3 is 2.20 bits per heavy atom. The van der Waals surface area contributed by atoms with Gasteiger partial charge in [-0.25, -0.2) is 0 Å². The molecule has 10 heavy (non-hydrogen) atoms. The summed E-state index contributed by atoms with van der Waals surface area (Å²) < 4.78 is 0. The minimum absolute atomic E-state index is 0.00910.